The molecule has 0 radical (unpaired) electrons. The number of aliphatic hydroxyl groups is 1. The summed E-state index contributed by atoms with van der Waals surface area (Å²) in [6, 6.07) is 16.3. The number of benzene rings is 2. The molecule has 2 fully saturated rings. The van der Waals surface area contributed by atoms with Gasteiger partial charge in [0.25, 0.3) is 5.91 Å². The fourth-order valence-electron chi connectivity index (χ4n) is 4.80. The summed E-state index contributed by atoms with van der Waals surface area (Å²) < 4.78 is 5.86. The molecular weight excluding hydrogens is 420 g/mol. The van der Waals surface area contributed by atoms with Crippen LogP contribution in [0.25, 0.3) is 11.0 Å². The van der Waals surface area contributed by atoms with Crippen LogP contribution in [0.3, 0.4) is 0 Å². The number of fused-ring (bicyclic) bond motifs is 1. The van der Waals surface area contributed by atoms with Gasteiger partial charge in [0.05, 0.1) is 5.60 Å². The van der Waals surface area contributed by atoms with Crippen molar-refractivity contribution in [3.63, 3.8) is 0 Å². The Morgan fingerprint density at radius 2 is 1.84 bits per heavy atom. The SMILES string of the molecule is Cc1cccc(CN2CCC(O)(c3ccc4oc(C(=O)N5CCSCC5)cc4c3)CC2)c1. The molecule has 1 amide bonds. The number of carbonyl (C=O) groups excluding carboxylic acids is 1. The third-order valence-corrected chi connectivity index (χ3v) is 7.68. The second kappa shape index (κ2) is 8.93. The first-order valence-corrected chi connectivity index (χ1v) is 12.6. The number of aryl methyl sites for hydroxylation is 1. The first-order valence-electron chi connectivity index (χ1n) is 11.4. The number of amides is 1. The Morgan fingerprint density at radius 1 is 1.06 bits per heavy atom. The molecule has 32 heavy (non-hydrogen) atoms. The van der Waals surface area contributed by atoms with Crippen LogP contribution in [0.15, 0.2) is 52.9 Å². The van der Waals surface area contributed by atoms with Crippen molar-refractivity contribution in [1.82, 2.24) is 9.80 Å². The van der Waals surface area contributed by atoms with E-state index in [1.54, 1.807) is 0 Å². The van der Waals surface area contributed by atoms with Crippen LogP contribution in [-0.4, -0.2) is 58.5 Å². The third kappa shape index (κ3) is 4.45. The average molecular weight is 451 g/mol. The molecule has 2 saturated heterocycles. The minimum absolute atomic E-state index is 0.0359. The standard InChI is InChI=1S/C26H30N2O3S/c1-19-3-2-4-20(15-19)18-27-9-7-26(30,8-10-27)22-5-6-23-21(16-22)17-24(31-23)25(29)28-11-13-32-14-12-28/h2-6,15-17,30H,7-14,18H2,1H3. The van der Waals surface area contributed by atoms with Crippen LogP contribution in [0.2, 0.25) is 0 Å². The Labute approximate surface area is 193 Å². The van der Waals surface area contributed by atoms with E-state index in [9.17, 15) is 9.90 Å². The maximum Gasteiger partial charge on any atom is 0.289 e. The second-order valence-corrected chi connectivity index (χ2v) is 10.3. The number of hydrogen-bond acceptors (Lipinski definition) is 5. The largest absolute Gasteiger partial charge is 0.451 e. The van der Waals surface area contributed by atoms with E-state index in [-0.39, 0.29) is 5.91 Å². The van der Waals surface area contributed by atoms with Gasteiger partial charge in [-0.2, -0.15) is 11.8 Å². The molecule has 5 nitrogen and oxygen atoms in total. The van der Waals surface area contributed by atoms with Gasteiger partial charge in [0.15, 0.2) is 5.76 Å². The Balaban J connectivity index is 1.28. The van der Waals surface area contributed by atoms with Crippen molar-refractivity contribution in [3.8, 4) is 0 Å². The molecule has 2 aromatic carbocycles. The second-order valence-electron chi connectivity index (χ2n) is 9.06. The molecule has 2 aliphatic rings. The van der Waals surface area contributed by atoms with E-state index < -0.39 is 5.60 Å². The summed E-state index contributed by atoms with van der Waals surface area (Å²) in [4.78, 5) is 17.1. The maximum atomic E-state index is 12.8. The van der Waals surface area contributed by atoms with E-state index in [4.69, 9.17) is 4.42 Å². The number of likely N-dealkylation sites (tertiary alicyclic amines) is 1. The molecule has 0 spiro atoms. The molecule has 2 aliphatic heterocycles. The summed E-state index contributed by atoms with van der Waals surface area (Å²) in [5.74, 6) is 2.31. The predicted octanol–water partition coefficient (Wildman–Crippen LogP) is 4.41. The van der Waals surface area contributed by atoms with Crippen LogP contribution in [0, 0.1) is 6.92 Å². The number of piperidine rings is 1. The summed E-state index contributed by atoms with van der Waals surface area (Å²) in [6.45, 7) is 6.28. The molecule has 1 aromatic heterocycles. The van der Waals surface area contributed by atoms with Crippen molar-refractivity contribution in [2.75, 3.05) is 37.7 Å². The van der Waals surface area contributed by atoms with Crippen LogP contribution in [0.5, 0.6) is 0 Å². The van der Waals surface area contributed by atoms with Gasteiger partial charge in [-0.1, -0.05) is 35.9 Å². The Kier molecular flexibility index (Phi) is 6.01. The molecule has 0 saturated carbocycles. The van der Waals surface area contributed by atoms with E-state index >= 15 is 0 Å². The lowest BCUT2D eigenvalue weighted by molar-refractivity contribution is -0.0276. The minimum atomic E-state index is -0.844. The number of furan rings is 1. The lowest BCUT2D eigenvalue weighted by Gasteiger charge is -2.38. The molecule has 3 heterocycles. The molecule has 0 bridgehead atoms. The summed E-state index contributed by atoms with van der Waals surface area (Å²) >= 11 is 1.88. The minimum Gasteiger partial charge on any atom is -0.451 e. The molecule has 168 valence electrons. The fourth-order valence-corrected chi connectivity index (χ4v) is 5.70. The van der Waals surface area contributed by atoms with Gasteiger partial charge >= 0.3 is 0 Å². The van der Waals surface area contributed by atoms with Crippen molar-refractivity contribution in [1.29, 1.82) is 0 Å². The molecular formula is C26H30N2O3S. The van der Waals surface area contributed by atoms with Crippen molar-refractivity contribution in [3.05, 3.63) is 71.0 Å². The van der Waals surface area contributed by atoms with Gasteiger partial charge in [-0.15, -0.1) is 0 Å². The first-order chi connectivity index (χ1) is 15.5. The van der Waals surface area contributed by atoms with Crippen LogP contribution < -0.4 is 0 Å². The number of nitrogens with zero attached hydrogens (tertiary/aromatic N) is 2. The van der Waals surface area contributed by atoms with Crippen LogP contribution in [0.1, 0.15) is 40.1 Å². The van der Waals surface area contributed by atoms with Gasteiger partial charge in [-0.05, 0) is 49.1 Å². The van der Waals surface area contributed by atoms with E-state index in [1.165, 1.54) is 11.1 Å². The van der Waals surface area contributed by atoms with Crippen molar-refractivity contribution in [2.45, 2.75) is 31.9 Å². The van der Waals surface area contributed by atoms with Gasteiger partial charge in [-0.25, -0.2) is 0 Å². The van der Waals surface area contributed by atoms with Crippen molar-refractivity contribution < 1.29 is 14.3 Å². The van der Waals surface area contributed by atoms with E-state index in [2.05, 4.69) is 36.1 Å². The highest BCUT2D eigenvalue weighted by molar-refractivity contribution is 7.99. The topological polar surface area (TPSA) is 56.9 Å². The summed E-state index contributed by atoms with van der Waals surface area (Å²) in [5.41, 5.74) is 3.36. The Bertz CT molecular complexity index is 1110. The zero-order valence-corrected chi connectivity index (χ0v) is 19.4. The van der Waals surface area contributed by atoms with E-state index in [0.717, 1.165) is 55.2 Å². The maximum absolute atomic E-state index is 12.8. The predicted molar refractivity (Wildman–Crippen MR) is 129 cm³/mol. The quantitative estimate of drug-likeness (QED) is 0.638. The average Bonchev–Trinajstić information content (AvgIpc) is 3.24. The number of carbonyl (C=O) groups is 1. The molecule has 3 aromatic rings. The van der Waals surface area contributed by atoms with Gasteiger partial charge in [-0.3, -0.25) is 9.69 Å². The molecule has 6 heteroatoms. The molecule has 1 N–H and O–H groups in total. The highest BCUT2D eigenvalue weighted by Gasteiger charge is 2.34. The van der Waals surface area contributed by atoms with Crippen LogP contribution in [-0.2, 0) is 12.1 Å². The van der Waals surface area contributed by atoms with E-state index in [1.807, 2.05) is 40.9 Å². The van der Waals surface area contributed by atoms with Crippen LogP contribution in [0.4, 0.5) is 0 Å². The summed E-state index contributed by atoms with van der Waals surface area (Å²) in [6.07, 6.45) is 1.39. The summed E-state index contributed by atoms with van der Waals surface area (Å²) in [7, 11) is 0. The lowest BCUT2D eigenvalue weighted by Crippen LogP contribution is -2.42. The monoisotopic (exact) mass is 450 g/mol. The smallest absolute Gasteiger partial charge is 0.289 e. The normalized spacial score (nSPS) is 19.4. The highest BCUT2D eigenvalue weighted by Crippen LogP contribution is 2.35. The highest BCUT2D eigenvalue weighted by atomic mass is 32.2. The molecule has 0 atom stereocenters. The van der Waals surface area contributed by atoms with Gasteiger partial charge in [0, 0.05) is 49.6 Å². The third-order valence-electron chi connectivity index (χ3n) is 6.73. The van der Waals surface area contributed by atoms with Crippen molar-refractivity contribution >= 4 is 28.6 Å². The zero-order valence-electron chi connectivity index (χ0n) is 18.5. The molecule has 0 aliphatic carbocycles. The lowest BCUT2D eigenvalue weighted by atomic mass is 9.84. The Morgan fingerprint density at radius 3 is 2.59 bits per heavy atom. The zero-order chi connectivity index (χ0) is 22.1. The first kappa shape index (κ1) is 21.6. The van der Waals surface area contributed by atoms with Crippen LogP contribution >= 0.6 is 11.8 Å². The summed E-state index contributed by atoms with van der Waals surface area (Å²) in [5, 5.41) is 12.3. The van der Waals surface area contributed by atoms with Crippen molar-refractivity contribution in [2.24, 2.45) is 0 Å². The molecule has 5 rings (SSSR count). The number of thioether (sulfide) groups is 1. The van der Waals surface area contributed by atoms with E-state index in [0.29, 0.717) is 24.2 Å². The molecule has 0 unspecified atom stereocenters. The fraction of sp³-hybridized carbons (Fsp3) is 0.423. The van der Waals surface area contributed by atoms with Gasteiger partial charge in [0.2, 0.25) is 0 Å². The number of hydrogen-bond donors (Lipinski definition) is 1. The Hall–Kier alpha value is -2.28. The van der Waals surface area contributed by atoms with Gasteiger partial charge in [0.1, 0.15) is 5.58 Å². The van der Waals surface area contributed by atoms with Gasteiger partial charge < -0.3 is 14.4 Å². The number of rotatable bonds is 4.